The minimum Gasteiger partial charge on any atom is -0.387 e. The Hall–Kier alpha value is -1.29. The lowest BCUT2D eigenvalue weighted by molar-refractivity contribution is -0.0501. The predicted molar refractivity (Wildman–Crippen MR) is 97.7 cm³/mol. The molecule has 1 aliphatic heterocycles. The van der Waals surface area contributed by atoms with Crippen LogP contribution in [-0.4, -0.2) is 69.2 Å². The summed E-state index contributed by atoms with van der Waals surface area (Å²) in [7, 11) is -16.7. The average Bonchev–Trinajstić information content (AvgIpc) is 3.13. The molecule has 0 amide bonds. The molecule has 8 N–H and O–H groups in total. The summed E-state index contributed by atoms with van der Waals surface area (Å²) in [5.74, 6) is 0.105. The highest BCUT2D eigenvalue weighted by Gasteiger charge is 2.46. The molecular formula is C11H17N4O13P3. The Morgan fingerprint density at radius 1 is 1.06 bits per heavy atom. The van der Waals surface area contributed by atoms with E-state index in [-0.39, 0.29) is 5.82 Å². The Morgan fingerprint density at radius 2 is 1.74 bits per heavy atom. The van der Waals surface area contributed by atoms with Gasteiger partial charge in [0, 0.05) is 6.20 Å². The number of aliphatic hydroxyl groups is 2. The van der Waals surface area contributed by atoms with Crippen LogP contribution in [-0.2, 0) is 31.6 Å². The van der Waals surface area contributed by atoms with E-state index in [9.17, 15) is 28.8 Å². The van der Waals surface area contributed by atoms with Crippen molar-refractivity contribution in [2.24, 2.45) is 0 Å². The second-order valence-corrected chi connectivity index (χ2v) is 10.6. The molecule has 0 bridgehead atoms. The molecule has 2 unspecified atom stereocenters. The van der Waals surface area contributed by atoms with Crippen molar-refractivity contribution in [2.45, 2.75) is 24.5 Å². The largest absolute Gasteiger partial charge is 0.490 e. The zero-order chi connectivity index (χ0) is 23.2. The van der Waals surface area contributed by atoms with Crippen LogP contribution in [0.1, 0.15) is 6.23 Å². The van der Waals surface area contributed by atoms with Gasteiger partial charge in [0.05, 0.1) is 18.5 Å². The molecule has 20 heteroatoms. The molecule has 1 fully saturated rings. The number of aliphatic hydroxyl groups excluding tert-OH is 2. The van der Waals surface area contributed by atoms with Crippen LogP contribution < -0.4 is 5.73 Å². The Morgan fingerprint density at radius 3 is 2.39 bits per heavy atom. The molecule has 0 aromatic carbocycles. The van der Waals surface area contributed by atoms with Gasteiger partial charge >= 0.3 is 23.5 Å². The number of phosphoric acid groups is 3. The van der Waals surface area contributed by atoms with E-state index in [1.54, 1.807) is 0 Å². The topological polar surface area (TPSA) is 266 Å². The standard InChI is InChI=1S/C11H17N4O13P3/c12-10-7-5(1-2-13-10)15(4-14-7)11-9(17)8(16)6(26-11)3-25-30(21,22)28-31(23,24)27-29(18,19)20/h1-2,4,6,8-9,11,16-17H,3H2,(H2,12,13)(H,21,22)(H,23,24)(H2,18,19,20)/t6-,8-,9-,11-/m1/s1. The maximum atomic E-state index is 11.8. The molecule has 17 nitrogen and oxygen atoms in total. The van der Waals surface area contributed by atoms with E-state index in [0.29, 0.717) is 11.0 Å². The molecule has 174 valence electrons. The van der Waals surface area contributed by atoms with Crippen molar-refractivity contribution in [3.63, 3.8) is 0 Å². The zero-order valence-electron chi connectivity index (χ0n) is 15.1. The minimum absolute atomic E-state index is 0.105. The number of anilines is 1. The van der Waals surface area contributed by atoms with Crippen molar-refractivity contribution < 1.29 is 61.4 Å². The average molecular weight is 506 g/mol. The summed E-state index contributed by atoms with van der Waals surface area (Å²) in [5, 5.41) is 20.5. The van der Waals surface area contributed by atoms with E-state index in [0.717, 1.165) is 0 Å². The minimum atomic E-state index is -5.69. The normalized spacial score (nSPS) is 28.5. The van der Waals surface area contributed by atoms with E-state index in [1.165, 1.54) is 23.2 Å². The fourth-order valence-electron chi connectivity index (χ4n) is 2.75. The van der Waals surface area contributed by atoms with Gasteiger partial charge < -0.3 is 44.8 Å². The molecular weight excluding hydrogens is 489 g/mol. The third kappa shape index (κ3) is 5.74. The van der Waals surface area contributed by atoms with Gasteiger partial charge in [-0.15, -0.1) is 0 Å². The Labute approximate surface area is 172 Å². The molecule has 0 spiro atoms. The summed E-state index contributed by atoms with van der Waals surface area (Å²) in [6.45, 7) is -0.936. The molecule has 1 saturated heterocycles. The molecule has 3 rings (SSSR count). The monoisotopic (exact) mass is 506 g/mol. The number of aromatic nitrogens is 3. The zero-order valence-corrected chi connectivity index (χ0v) is 17.7. The summed E-state index contributed by atoms with van der Waals surface area (Å²) in [4.78, 5) is 43.5. The van der Waals surface area contributed by atoms with E-state index < -0.39 is 54.6 Å². The number of phosphoric ester groups is 1. The molecule has 6 atom stereocenters. The van der Waals surface area contributed by atoms with Gasteiger partial charge in [-0.3, -0.25) is 4.52 Å². The Balaban J connectivity index is 1.69. The first-order chi connectivity index (χ1) is 14.2. The van der Waals surface area contributed by atoms with Gasteiger partial charge in [-0.25, -0.2) is 23.7 Å². The number of ether oxygens (including phenoxy) is 1. The van der Waals surface area contributed by atoms with Crippen LogP contribution in [0.15, 0.2) is 18.6 Å². The number of hydrogen-bond donors (Lipinski definition) is 7. The lowest BCUT2D eigenvalue weighted by Gasteiger charge is -2.19. The van der Waals surface area contributed by atoms with Crippen molar-refractivity contribution in [1.82, 2.24) is 14.5 Å². The van der Waals surface area contributed by atoms with Gasteiger partial charge in [-0.2, -0.15) is 8.62 Å². The quantitative estimate of drug-likeness (QED) is 0.211. The maximum Gasteiger partial charge on any atom is 0.490 e. The SMILES string of the molecule is Nc1nccc2c1ncn2[C@@H]1O[C@H](COP(=O)(O)OP(=O)(O)OP(=O)(O)O)[C@@H](O)[C@H]1O. The van der Waals surface area contributed by atoms with Crippen LogP contribution in [0.3, 0.4) is 0 Å². The second-order valence-electron chi connectivity index (χ2n) is 6.15. The maximum absolute atomic E-state index is 11.8. The summed E-state index contributed by atoms with van der Waals surface area (Å²) in [6, 6.07) is 1.51. The summed E-state index contributed by atoms with van der Waals surface area (Å²) in [6.07, 6.45) is -3.22. The highest BCUT2D eigenvalue weighted by Crippen LogP contribution is 2.66. The van der Waals surface area contributed by atoms with Crippen molar-refractivity contribution in [3.05, 3.63) is 18.6 Å². The van der Waals surface area contributed by atoms with Crippen molar-refractivity contribution >= 4 is 40.3 Å². The molecule has 2 aromatic heterocycles. The van der Waals surface area contributed by atoms with Crippen molar-refractivity contribution in [1.29, 1.82) is 0 Å². The van der Waals surface area contributed by atoms with E-state index >= 15 is 0 Å². The van der Waals surface area contributed by atoms with Gasteiger partial charge in [-0.05, 0) is 6.07 Å². The molecule has 3 heterocycles. The summed E-state index contributed by atoms with van der Waals surface area (Å²) < 4.78 is 52.1. The van der Waals surface area contributed by atoms with Gasteiger partial charge in [0.25, 0.3) is 0 Å². The number of imidazole rings is 1. The molecule has 0 radical (unpaired) electrons. The number of hydrogen-bond acceptors (Lipinski definition) is 12. The first kappa shape index (κ1) is 24.4. The van der Waals surface area contributed by atoms with Crippen LogP contribution in [0, 0.1) is 0 Å². The van der Waals surface area contributed by atoms with Crippen LogP contribution in [0.5, 0.6) is 0 Å². The predicted octanol–water partition coefficient (Wildman–Crippen LogP) is -1.02. The molecule has 31 heavy (non-hydrogen) atoms. The number of rotatable bonds is 8. The number of pyridine rings is 1. The van der Waals surface area contributed by atoms with Gasteiger partial charge in [0.15, 0.2) is 12.0 Å². The van der Waals surface area contributed by atoms with Crippen LogP contribution in [0.2, 0.25) is 0 Å². The van der Waals surface area contributed by atoms with Gasteiger partial charge in [0.1, 0.15) is 23.8 Å². The lowest BCUT2D eigenvalue weighted by Crippen LogP contribution is -2.33. The highest BCUT2D eigenvalue weighted by molar-refractivity contribution is 7.66. The summed E-state index contributed by atoms with van der Waals surface area (Å²) >= 11 is 0. The van der Waals surface area contributed by atoms with Crippen LogP contribution >= 0.6 is 23.5 Å². The summed E-state index contributed by atoms with van der Waals surface area (Å²) in [5.41, 5.74) is 6.40. The fourth-order valence-corrected chi connectivity index (χ4v) is 5.78. The molecule has 2 aromatic rings. The third-order valence-electron chi connectivity index (χ3n) is 3.95. The molecule has 0 aliphatic carbocycles. The first-order valence-electron chi connectivity index (χ1n) is 8.06. The number of nitrogens with zero attached hydrogens (tertiary/aromatic N) is 3. The lowest BCUT2D eigenvalue weighted by atomic mass is 10.1. The van der Waals surface area contributed by atoms with Crippen LogP contribution in [0.4, 0.5) is 5.82 Å². The molecule has 1 aliphatic rings. The number of nitrogen functional groups attached to an aromatic ring is 1. The van der Waals surface area contributed by atoms with Crippen molar-refractivity contribution in [2.75, 3.05) is 12.3 Å². The van der Waals surface area contributed by atoms with Gasteiger partial charge in [-0.1, -0.05) is 0 Å². The number of nitrogens with two attached hydrogens (primary N) is 1. The number of fused-ring (bicyclic) bond motifs is 1. The Kier molecular flexibility index (Phi) is 6.73. The Bertz CT molecular complexity index is 1100. The fraction of sp³-hybridized carbons (Fsp3) is 0.455. The van der Waals surface area contributed by atoms with E-state index in [1.807, 2.05) is 0 Å². The van der Waals surface area contributed by atoms with Crippen molar-refractivity contribution in [3.8, 4) is 0 Å². The smallest absolute Gasteiger partial charge is 0.387 e. The van der Waals surface area contributed by atoms with E-state index in [4.69, 9.17) is 25.2 Å². The third-order valence-corrected chi connectivity index (χ3v) is 7.75. The van der Waals surface area contributed by atoms with Crippen LogP contribution in [0.25, 0.3) is 11.0 Å². The van der Waals surface area contributed by atoms with Gasteiger partial charge in [0.2, 0.25) is 0 Å². The first-order valence-corrected chi connectivity index (χ1v) is 12.6. The second kappa shape index (κ2) is 8.57. The highest BCUT2D eigenvalue weighted by atomic mass is 31.3. The van der Waals surface area contributed by atoms with E-state index in [2.05, 4.69) is 23.1 Å². The molecule has 0 saturated carbocycles.